The van der Waals surface area contributed by atoms with Gasteiger partial charge in [0.15, 0.2) is 0 Å². The van der Waals surface area contributed by atoms with Crippen LogP contribution in [-0.2, 0) is 6.54 Å². The molecule has 0 radical (unpaired) electrons. The Kier molecular flexibility index (Phi) is 4.62. The second-order valence-electron chi connectivity index (χ2n) is 5.45. The largest absolute Gasteiger partial charge is 0.507 e. The number of benzene rings is 1. The molecule has 0 aliphatic rings. The van der Waals surface area contributed by atoms with Crippen molar-refractivity contribution in [3.63, 3.8) is 0 Å². The SMILES string of the molecule is Cc1ccc(C(=O)NCC(C)Cn2cccn2)c(O)c1C. The molecule has 5 nitrogen and oxygen atoms in total. The number of aryl methyl sites for hydroxylation is 1. The second-order valence-corrected chi connectivity index (χ2v) is 5.45. The van der Waals surface area contributed by atoms with Crippen molar-refractivity contribution in [3.05, 3.63) is 47.3 Å². The Balaban J connectivity index is 1.94. The molecule has 0 saturated heterocycles. The van der Waals surface area contributed by atoms with E-state index in [0.29, 0.717) is 12.1 Å². The Hall–Kier alpha value is -2.30. The predicted molar refractivity (Wildman–Crippen MR) is 81.3 cm³/mol. The Morgan fingerprint density at radius 3 is 2.86 bits per heavy atom. The summed E-state index contributed by atoms with van der Waals surface area (Å²) in [5, 5.41) is 17.0. The molecule has 2 rings (SSSR count). The smallest absolute Gasteiger partial charge is 0.255 e. The first-order valence-electron chi connectivity index (χ1n) is 7.04. The third kappa shape index (κ3) is 3.62. The van der Waals surface area contributed by atoms with Crippen molar-refractivity contribution in [2.45, 2.75) is 27.3 Å². The number of phenols is 1. The number of nitrogens with zero attached hydrogens (tertiary/aromatic N) is 2. The van der Waals surface area contributed by atoms with Gasteiger partial charge in [0.1, 0.15) is 5.75 Å². The molecule has 0 saturated carbocycles. The lowest BCUT2D eigenvalue weighted by molar-refractivity contribution is 0.0943. The van der Waals surface area contributed by atoms with Crippen LogP contribution in [0.1, 0.15) is 28.4 Å². The van der Waals surface area contributed by atoms with Crippen LogP contribution in [0.4, 0.5) is 0 Å². The Bertz CT molecular complexity index is 621. The average molecular weight is 287 g/mol. The van der Waals surface area contributed by atoms with Gasteiger partial charge in [-0.05, 0) is 43.0 Å². The van der Waals surface area contributed by atoms with Crippen LogP contribution in [0.5, 0.6) is 5.75 Å². The van der Waals surface area contributed by atoms with Gasteiger partial charge < -0.3 is 10.4 Å². The summed E-state index contributed by atoms with van der Waals surface area (Å²) in [5.74, 6) is 0.0673. The first-order valence-corrected chi connectivity index (χ1v) is 7.04. The number of hydrogen-bond acceptors (Lipinski definition) is 3. The topological polar surface area (TPSA) is 67.2 Å². The highest BCUT2D eigenvalue weighted by molar-refractivity contribution is 5.97. The summed E-state index contributed by atoms with van der Waals surface area (Å²) >= 11 is 0. The maximum atomic E-state index is 12.1. The number of phenolic OH excluding ortho intramolecular Hbond substituents is 1. The summed E-state index contributed by atoms with van der Waals surface area (Å²) < 4.78 is 1.84. The fourth-order valence-corrected chi connectivity index (χ4v) is 2.14. The number of aromatic hydroxyl groups is 1. The fraction of sp³-hybridized carbons (Fsp3) is 0.375. The molecule has 1 unspecified atom stereocenters. The average Bonchev–Trinajstić information content (AvgIpc) is 2.95. The van der Waals surface area contributed by atoms with E-state index in [1.54, 1.807) is 12.3 Å². The van der Waals surface area contributed by atoms with Gasteiger partial charge in [0.25, 0.3) is 5.91 Å². The van der Waals surface area contributed by atoms with Crippen LogP contribution in [0.25, 0.3) is 0 Å². The van der Waals surface area contributed by atoms with E-state index in [-0.39, 0.29) is 17.6 Å². The normalized spacial score (nSPS) is 12.1. The van der Waals surface area contributed by atoms with Crippen molar-refractivity contribution in [1.29, 1.82) is 0 Å². The van der Waals surface area contributed by atoms with Crippen LogP contribution >= 0.6 is 0 Å². The van der Waals surface area contributed by atoms with Gasteiger partial charge in [0.05, 0.1) is 5.56 Å². The molecule has 0 fully saturated rings. The van der Waals surface area contributed by atoms with Gasteiger partial charge in [-0.2, -0.15) is 5.10 Å². The van der Waals surface area contributed by atoms with Gasteiger partial charge in [-0.25, -0.2) is 0 Å². The van der Waals surface area contributed by atoms with Crippen molar-refractivity contribution >= 4 is 5.91 Å². The molecule has 0 aliphatic heterocycles. The van der Waals surface area contributed by atoms with Crippen LogP contribution < -0.4 is 5.32 Å². The van der Waals surface area contributed by atoms with Gasteiger partial charge >= 0.3 is 0 Å². The lowest BCUT2D eigenvalue weighted by atomic mass is 10.0. The highest BCUT2D eigenvalue weighted by Gasteiger charge is 2.14. The third-order valence-corrected chi connectivity index (χ3v) is 3.62. The van der Waals surface area contributed by atoms with Gasteiger partial charge in [-0.1, -0.05) is 13.0 Å². The van der Waals surface area contributed by atoms with E-state index in [9.17, 15) is 9.90 Å². The summed E-state index contributed by atoms with van der Waals surface area (Å²) in [6.45, 7) is 7.03. The van der Waals surface area contributed by atoms with E-state index in [2.05, 4.69) is 10.4 Å². The molecule has 1 aromatic heterocycles. The molecule has 1 aromatic carbocycles. The molecule has 5 heteroatoms. The Morgan fingerprint density at radius 1 is 1.43 bits per heavy atom. The number of nitrogens with one attached hydrogen (secondary N) is 1. The minimum atomic E-state index is -0.247. The van der Waals surface area contributed by atoms with E-state index < -0.39 is 0 Å². The lowest BCUT2D eigenvalue weighted by Crippen LogP contribution is -2.30. The monoisotopic (exact) mass is 287 g/mol. The first kappa shape index (κ1) is 15.1. The number of aromatic nitrogens is 2. The van der Waals surface area contributed by atoms with E-state index >= 15 is 0 Å². The molecule has 112 valence electrons. The van der Waals surface area contributed by atoms with Gasteiger partial charge in [0, 0.05) is 25.5 Å². The quantitative estimate of drug-likeness (QED) is 0.886. The number of rotatable bonds is 5. The number of carbonyl (C=O) groups excluding carboxylic acids is 1. The highest BCUT2D eigenvalue weighted by atomic mass is 16.3. The van der Waals surface area contributed by atoms with Crippen molar-refractivity contribution in [1.82, 2.24) is 15.1 Å². The Morgan fingerprint density at radius 2 is 2.19 bits per heavy atom. The molecule has 1 amide bonds. The highest BCUT2D eigenvalue weighted by Crippen LogP contribution is 2.24. The van der Waals surface area contributed by atoms with Gasteiger partial charge in [-0.3, -0.25) is 9.48 Å². The standard InChI is InChI=1S/C16H21N3O2/c1-11(10-19-8-4-7-18-19)9-17-16(21)14-6-5-12(2)13(3)15(14)20/h4-8,11,20H,9-10H2,1-3H3,(H,17,21). The van der Waals surface area contributed by atoms with Crippen LogP contribution in [-0.4, -0.2) is 27.3 Å². The van der Waals surface area contributed by atoms with Crippen molar-refractivity contribution in [2.24, 2.45) is 5.92 Å². The maximum Gasteiger partial charge on any atom is 0.255 e. The molecular formula is C16H21N3O2. The minimum absolute atomic E-state index is 0.0622. The molecule has 0 spiro atoms. The molecule has 21 heavy (non-hydrogen) atoms. The van der Waals surface area contributed by atoms with E-state index in [1.807, 2.05) is 43.8 Å². The number of amides is 1. The van der Waals surface area contributed by atoms with Crippen molar-refractivity contribution in [3.8, 4) is 5.75 Å². The van der Waals surface area contributed by atoms with E-state index in [1.165, 1.54) is 0 Å². The van der Waals surface area contributed by atoms with E-state index in [0.717, 1.165) is 17.7 Å². The van der Waals surface area contributed by atoms with Crippen molar-refractivity contribution in [2.75, 3.05) is 6.54 Å². The zero-order valence-corrected chi connectivity index (χ0v) is 12.6. The van der Waals surface area contributed by atoms with Gasteiger partial charge in [0.2, 0.25) is 0 Å². The van der Waals surface area contributed by atoms with Crippen LogP contribution in [0.2, 0.25) is 0 Å². The molecular weight excluding hydrogens is 266 g/mol. The minimum Gasteiger partial charge on any atom is -0.507 e. The fourth-order valence-electron chi connectivity index (χ4n) is 2.14. The molecule has 0 bridgehead atoms. The predicted octanol–water partition coefficient (Wildman–Crippen LogP) is 2.27. The molecule has 0 aliphatic carbocycles. The summed E-state index contributed by atoms with van der Waals surface area (Å²) in [7, 11) is 0. The summed E-state index contributed by atoms with van der Waals surface area (Å²) in [6.07, 6.45) is 3.63. The van der Waals surface area contributed by atoms with Crippen LogP contribution in [0.3, 0.4) is 0 Å². The number of hydrogen-bond donors (Lipinski definition) is 2. The van der Waals surface area contributed by atoms with Crippen LogP contribution in [0.15, 0.2) is 30.6 Å². The summed E-state index contributed by atoms with van der Waals surface area (Å²) in [6, 6.07) is 5.38. The van der Waals surface area contributed by atoms with E-state index in [4.69, 9.17) is 0 Å². The molecule has 2 aromatic rings. The third-order valence-electron chi connectivity index (χ3n) is 3.62. The first-order chi connectivity index (χ1) is 9.99. The van der Waals surface area contributed by atoms with Crippen molar-refractivity contribution < 1.29 is 9.90 Å². The van der Waals surface area contributed by atoms with Crippen LogP contribution in [0, 0.1) is 19.8 Å². The molecule has 2 N–H and O–H groups in total. The lowest BCUT2D eigenvalue weighted by Gasteiger charge is -2.14. The zero-order valence-electron chi connectivity index (χ0n) is 12.6. The van der Waals surface area contributed by atoms with Gasteiger partial charge in [-0.15, -0.1) is 0 Å². The maximum absolute atomic E-state index is 12.1. The molecule has 1 heterocycles. The Labute approximate surface area is 124 Å². The molecule has 1 atom stereocenters. The number of carbonyl (C=O) groups is 1. The summed E-state index contributed by atoms with van der Waals surface area (Å²) in [4.78, 5) is 12.1. The zero-order chi connectivity index (χ0) is 15.4. The second kappa shape index (κ2) is 6.43. The summed E-state index contributed by atoms with van der Waals surface area (Å²) in [5.41, 5.74) is 2.03.